The molecule has 0 fully saturated rings. The third-order valence-electron chi connectivity index (χ3n) is 5.06. The van der Waals surface area contributed by atoms with Gasteiger partial charge in [-0.1, -0.05) is 30.3 Å². The van der Waals surface area contributed by atoms with Crippen LogP contribution in [0.3, 0.4) is 0 Å². The van der Waals surface area contributed by atoms with E-state index in [0.29, 0.717) is 18.0 Å². The largest absolute Gasteiger partial charge is 0.463 e. The lowest BCUT2D eigenvalue weighted by Crippen LogP contribution is -2.23. The maximum Gasteiger partial charge on any atom is 0.257 e. The second-order valence-electron chi connectivity index (χ2n) is 7.27. The van der Waals surface area contributed by atoms with E-state index in [1.54, 1.807) is 45.8 Å². The van der Waals surface area contributed by atoms with Crippen molar-refractivity contribution in [2.45, 2.75) is 6.54 Å². The van der Waals surface area contributed by atoms with Crippen LogP contribution in [0.5, 0.6) is 5.75 Å². The van der Waals surface area contributed by atoms with E-state index in [0.717, 1.165) is 22.4 Å². The molecule has 0 N–H and O–H groups in total. The summed E-state index contributed by atoms with van der Waals surface area (Å²) in [6.07, 6.45) is 5.52. The summed E-state index contributed by atoms with van der Waals surface area (Å²) < 4.78 is 20.6. The van der Waals surface area contributed by atoms with Gasteiger partial charge in [0.1, 0.15) is 5.75 Å². The quantitative estimate of drug-likeness (QED) is 0.452. The van der Waals surface area contributed by atoms with Crippen LogP contribution in [-0.2, 0) is 13.6 Å². The second-order valence-corrected chi connectivity index (χ2v) is 7.27. The molecule has 31 heavy (non-hydrogen) atoms. The Morgan fingerprint density at radius 1 is 1.06 bits per heavy atom. The second kappa shape index (κ2) is 8.87. The van der Waals surface area contributed by atoms with Crippen molar-refractivity contribution in [1.29, 1.82) is 0 Å². The van der Waals surface area contributed by atoms with Crippen LogP contribution >= 0.6 is 0 Å². The molecule has 0 unspecified atom stereocenters. The Kier molecular flexibility index (Phi) is 5.84. The molecule has 2 heterocycles. The monoisotopic (exact) mass is 418 g/mol. The summed E-state index contributed by atoms with van der Waals surface area (Å²) in [6.45, 7) is -0.236. The van der Waals surface area contributed by atoms with Gasteiger partial charge in [0, 0.05) is 55.9 Å². The molecule has 2 aromatic carbocycles. The first-order valence-corrected chi connectivity index (χ1v) is 9.85. The summed E-state index contributed by atoms with van der Waals surface area (Å²) in [5.41, 5.74) is 4.25. The van der Waals surface area contributed by atoms with Crippen molar-refractivity contribution in [2.24, 2.45) is 7.05 Å². The summed E-state index contributed by atoms with van der Waals surface area (Å²) in [7, 11) is 3.82. The minimum atomic E-state index is -0.896. The Labute approximate surface area is 179 Å². The summed E-state index contributed by atoms with van der Waals surface area (Å²) in [6, 6.07) is 18.5. The Hall–Kier alpha value is -3.87. The number of alkyl halides is 1. The van der Waals surface area contributed by atoms with Gasteiger partial charge in [-0.2, -0.15) is 5.10 Å². The van der Waals surface area contributed by atoms with Crippen LogP contribution < -0.4 is 15.2 Å². The van der Waals surface area contributed by atoms with Crippen LogP contribution in [0.15, 0.2) is 84.0 Å². The molecule has 0 saturated carbocycles. The van der Waals surface area contributed by atoms with Gasteiger partial charge in [0.15, 0.2) is 0 Å². The molecular formula is C24H23FN4O2. The first-order valence-electron chi connectivity index (χ1n) is 9.85. The number of ether oxygens (including phenoxy) is 1. The van der Waals surface area contributed by atoms with Crippen molar-refractivity contribution >= 4 is 5.69 Å². The van der Waals surface area contributed by atoms with Crippen molar-refractivity contribution in [3.05, 3.63) is 95.2 Å². The van der Waals surface area contributed by atoms with E-state index in [9.17, 15) is 9.18 Å². The molecule has 0 bridgehead atoms. The van der Waals surface area contributed by atoms with Crippen molar-refractivity contribution in [1.82, 2.24) is 14.3 Å². The zero-order chi connectivity index (χ0) is 21.8. The van der Waals surface area contributed by atoms with E-state index in [1.165, 1.54) is 0 Å². The summed E-state index contributed by atoms with van der Waals surface area (Å²) in [4.78, 5) is 15.1. The third kappa shape index (κ3) is 4.50. The van der Waals surface area contributed by atoms with Gasteiger partial charge in [-0.15, -0.1) is 0 Å². The molecule has 0 atom stereocenters. The number of rotatable bonds is 7. The van der Waals surface area contributed by atoms with Gasteiger partial charge in [0.05, 0.1) is 11.9 Å². The van der Waals surface area contributed by atoms with Gasteiger partial charge in [-0.05, 0) is 29.8 Å². The molecule has 0 saturated heterocycles. The van der Waals surface area contributed by atoms with Crippen LogP contribution in [0, 0.1) is 0 Å². The average Bonchev–Trinajstić information content (AvgIpc) is 3.21. The average molecular weight is 418 g/mol. The lowest BCUT2D eigenvalue weighted by molar-refractivity contribution is 0.192. The fourth-order valence-electron chi connectivity index (χ4n) is 3.53. The molecule has 0 spiro atoms. The molecule has 7 heteroatoms. The molecule has 4 aromatic rings. The van der Waals surface area contributed by atoms with Gasteiger partial charge >= 0.3 is 0 Å². The van der Waals surface area contributed by atoms with E-state index in [-0.39, 0.29) is 5.56 Å². The number of aromatic nitrogens is 3. The predicted octanol–water partition coefficient (Wildman–Crippen LogP) is 4.18. The normalized spacial score (nSPS) is 10.8. The zero-order valence-corrected chi connectivity index (χ0v) is 17.4. The lowest BCUT2D eigenvalue weighted by atomic mass is 10.1. The molecule has 0 amide bonds. The number of hydrogen-bond acceptors (Lipinski definition) is 4. The minimum absolute atomic E-state index is 0.165. The summed E-state index contributed by atoms with van der Waals surface area (Å²) >= 11 is 0. The standard InChI is InChI=1S/C24H23FN4O2/c1-27(14-18-6-4-3-5-7-18)23-12-24(30)29(16-22(23)19-13-26-28(2)15-19)20-8-10-21(11-9-20)31-17-25/h3-13,15-16H,14,17H2,1-2H3. The topological polar surface area (TPSA) is 52.3 Å². The Balaban J connectivity index is 1.78. The number of nitrogens with zero attached hydrogens (tertiary/aromatic N) is 4. The maximum absolute atomic E-state index is 13.0. The highest BCUT2D eigenvalue weighted by atomic mass is 19.1. The number of anilines is 1. The smallest absolute Gasteiger partial charge is 0.257 e. The molecule has 0 aliphatic carbocycles. The van der Waals surface area contributed by atoms with Crippen molar-refractivity contribution in [2.75, 3.05) is 18.8 Å². The van der Waals surface area contributed by atoms with Crippen LogP contribution in [0.25, 0.3) is 16.8 Å². The fraction of sp³-hybridized carbons (Fsp3) is 0.167. The maximum atomic E-state index is 13.0. The van der Waals surface area contributed by atoms with E-state index in [2.05, 4.69) is 22.1 Å². The highest BCUT2D eigenvalue weighted by Crippen LogP contribution is 2.30. The van der Waals surface area contributed by atoms with Gasteiger partial charge < -0.3 is 9.64 Å². The molecule has 2 aromatic heterocycles. The SMILES string of the molecule is CN(Cc1ccccc1)c1cc(=O)n(-c2ccc(OCF)cc2)cc1-c1cnn(C)c1. The van der Waals surface area contributed by atoms with E-state index >= 15 is 0 Å². The summed E-state index contributed by atoms with van der Waals surface area (Å²) in [5, 5.41) is 4.29. The molecule has 158 valence electrons. The molecule has 0 radical (unpaired) electrons. The number of halogens is 1. The summed E-state index contributed by atoms with van der Waals surface area (Å²) in [5.74, 6) is 0.408. The van der Waals surface area contributed by atoms with Crippen LogP contribution in [0.4, 0.5) is 10.1 Å². The van der Waals surface area contributed by atoms with E-state index in [1.807, 2.05) is 44.7 Å². The first kappa shape index (κ1) is 20.4. The van der Waals surface area contributed by atoms with Gasteiger partial charge in [0.25, 0.3) is 5.56 Å². The van der Waals surface area contributed by atoms with Gasteiger partial charge in [-0.25, -0.2) is 4.39 Å². The van der Waals surface area contributed by atoms with Crippen molar-refractivity contribution in [3.63, 3.8) is 0 Å². The highest BCUT2D eigenvalue weighted by Gasteiger charge is 2.15. The van der Waals surface area contributed by atoms with Crippen molar-refractivity contribution in [3.8, 4) is 22.6 Å². The van der Waals surface area contributed by atoms with Crippen LogP contribution in [0.1, 0.15) is 5.56 Å². The fourth-order valence-corrected chi connectivity index (χ4v) is 3.53. The number of aryl methyl sites for hydroxylation is 1. The third-order valence-corrected chi connectivity index (χ3v) is 5.06. The lowest BCUT2D eigenvalue weighted by Gasteiger charge is -2.23. The van der Waals surface area contributed by atoms with Crippen molar-refractivity contribution < 1.29 is 9.13 Å². The first-order chi connectivity index (χ1) is 15.0. The minimum Gasteiger partial charge on any atom is -0.463 e. The highest BCUT2D eigenvalue weighted by molar-refractivity contribution is 5.77. The number of benzene rings is 2. The molecular weight excluding hydrogens is 395 g/mol. The van der Waals surface area contributed by atoms with E-state index < -0.39 is 6.86 Å². The number of hydrogen-bond donors (Lipinski definition) is 0. The Morgan fingerprint density at radius 2 is 1.81 bits per heavy atom. The van der Waals surface area contributed by atoms with Crippen LogP contribution in [0.2, 0.25) is 0 Å². The Morgan fingerprint density at radius 3 is 2.45 bits per heavy atom. The van der Waals surface area contributed by atoms with Crippen LogP contribution in [-0.4, -0.2) is 28.3 Å². The molecule has 0 aliphatic rings. The van der Waals surface area contributed by atoms with Gasteiger partial charge in [0.2, 0.25) is 6.86 Å². The van der Waals surface area contributed by atoms with E-state index in [4.69, 9.17) is 4.74 Å². The number of pyridine rings is 1. The molecule has 6 nitrogen and oxygen atoms in total. The molecule has 4 rings (SSSR count). The van der Waals surface area contributed by atoms with Gasteiger partial charge in [-0.3, -0.25) is 14.0 Å². The predicted molar refractivity (Wildman–Crippen MR) is 119 cm³/mol. The Bertz CT molecular complexity index is 1220. The zero-order valence-electron chi connectivity index (χ0n) is 17.4. The molecule has 0 aliphatic heterocycles.